The molecule has 3 aromatic rings. The number of carbonyl (C=O) groups excluding carboxylic acids is 1. The molecule has 0 saturated carbocycles. The second-order valence-corrected chi connectivity index (χ2v) is 9.95. The average Bonchev–Trinajstić information content (AvgIpc) is 3.24. The Kier molecular flexibility index (Phi) is 8.45. The molecule has 3 heterocycles. The largest absolute Gasteiger partial charge is 1.00 e. The number of carbonyl (C=O) groups is 1. The van der Waals surface area contributed by atoms with Crippen molar-refractivity contribution in [3.05, 3.63) is 62.5 Å². The number of ketones is 1. The van der Waals surface area contributed by atoms with Crippen LogP contribution in [0.4, 0.5) is 0 Å². The number of hydrogen-bond acceptors (Lipinski definition) is 5. The fourth-order valence-corrected chi connectivity index (χ4v) is 5.47. The average molecular weight is 507 g/mol. The third kappa shape index (κ3) is 5.22. The summed E-state index contributed by atoms with van der Waals surface area (Å²) >= 11 is 7.87. The predicted molar refractivity (Wildman–Crippen MR) is 129 cm³/mol. The minimum absolute atomic E-state index is 0. The fourth-order valence-electron chi connectivity index (χ4n) is 4.13. The Bertz CT molecular complexity index is 1170. The van der Waals surface area contributed by atoms with Crippen molar-refractivity contribution in [1.82, 2.24) is 14.8 Å². The molecular weight excluding hydrogens is 477 g/mol. The van der Waals surface area contributed by atoms with Crippen LogP contribution < -0.4 is 18.1 Å². The van der Waals surface area contributed by atoms with Crippen LogP contribution >= 0.6 is 22.9 Å². The lowest BCUT2D eigenvalue weighted by Gasteiger charge is -2.12. The van der Waals surface area contributed by atoms with Crippen LogP contribution in [0.15, 0.2) is 29.3 Å². The molecule has 0 fully saturated rings. The van der Waals surface area contributed by atoms with Crippen LogP contribution in [0.25, 0.3) is 5.00 Å². The quantitative estimate of drug-likeness (QED) is 0.471. The number of halogens is 2. The smallest absolute Gasteiger partial charge is 0.163 e. The first-order valence-electron chi connectivity index (χ1n) is 11.1. The van der Waals surface area contributed by atoms with Crippen LogP contribution in [0.3, 0.4) is 0 Å². The Balaban J connectivity index is 0.00000306. The van der Waals surface area contributed by atoms with Gasteiger partial charge in [-0.3, -0.25) is 14.4 Å². The molecule has 2 aromatic heterocycles. The van der Waals surface area contributed by atoms with Crippen LogP contribution in [0.2, 0.25) is 5.02 Å². The van der Waals surface area contributed by atoms with Gasteiger partial charge in [0, 0.05) is 33.9 Å². The van der Waals surface area contributed by atoms with Crippen LogP contribution in [-0.2, 0) is 4.79 Å². The second kappa shape index (κ2) is 10.9. The van der Waals surface area contributed by atoms with E-state index in [1.54, 1.807) is 11.3 Å². The maximum atomic E-state index is 12.9. The molecule has 0 spiro atoms. The first-order valence-corrected chi connectivity index (χ1v) is 12.3. The van der Waals surface area contributed by atoms with Gasteiger partial charge in [0.2, 0.25) is 0 Å². The Hall–Kier alpha value is -2.06. The minimum Gasteiger partial charge on any atom is -1.00 e. The number of rotatable bonds is 8. The van der Waals surface area contributed by atoms with Crippen molar-refractivity contribution < 1.29 is 22.9 Å². The fraction of sp³-hybridized carbons (Fsp3) is 0.417. The van der Waals surface area contributed by atoms with Gasteiger partial charge in [0.15, 0.2) is 5.82 Å². The molecule has 0 amide bonds. The standard InChI is InChI=1S/C24H28ClN5OS.ClH/c1-14-15(2)32-24-21(14)22(17-8-10-18(25)11-9-17)27-20(23-29-28-16(3)30(23)24)13-19(31)7-5-4-6-12-26;/h8-11,20H,4-7,12-13,26H2,1-3H3;1H/t20-;/m0./s1. The number of Topliss-reactive ketones (excluding diaryl/α,β-unsaturated/α-hetero) is 1. The Morgan fingerprint density at radius 2 is 1.85 bits per heavy atom. The van der Waals surface area contributed by atoms with Crippen molar-refractivity contribution in [1.29, 1.82) is 0 Å². The van der Waals surface area contributed by atoms with Gasteiger partial charge >= 0.3 is 0 Å². The Labute approximate surface area is 209 Å². The molecule has 1 aliphatic rings. The van der Waals surface area contributed by atoms with E-state index in [0.717, 1.165) is 59.3 Å². The van der Waals surface area contributed by atoms with Gasteiger partial charge in [-0.25, -0.2) is 0 Å². The zero-order valence-electron chi connectivity index (χ0n) is 19.2. The van der Waals surface area contributed by atoms with Gasteiger partial charge < -0.3 is 18.1 Å². The van der Waals surface area contributed by atoms with Crippen molar-refractivity contribution in [2.24, 2.45) is 4.99 Å². The molecule has 1 aromatic carbocycles. The normalized spacial score (nSPS) is 14.7. The van der Waals surface area contributed by atoms with Crippen LogP contribution in [0.5, 0.6) is 0 Å². The van der Waals surface area contributed by atoms with Gasteiger partial charge in [0.25, 0.3) is 0 Å². The number of benzene rings is 1. The van der Waals surface area contributed by atoms with E-state index in [4.69, 9.17) is 16.6 Å². The SMILES string of the molecule is Cc1sc2c(c1C)C(c1ccc(Cl)cc1)=N[C@@H](CC(=O)CCCCC[NH3+])c1nnc(C)n1-2.[Cl-]. The molecule has 176 valence electrons. The van der Waals surface area contributed by atoms with Crippen molar-refractivity contribution in [3.63, 3.8) is 0 Å². The van der Waals surface area contributed by atoms with E-state index in [1.807, 2.05) is 31.2 Å². The highest BCUT2D eigenvalue weighted by Crippen LogP contribution is 2.39. The molecule has 4 rings (SSSR count). The highest BCUT2D eigenvalue weighted by molar-refractivity contribution is 7.15. The van der Waals surface area contributed by atoms with Crippen LogP contribution in [-0.4, -0.2) is 32.8 Å². The van der Waals surface area contributed by atoms with E-state index in [0.29, 0.717) is 17.9 Å². The van der Waals surface area contributed by atoms with Gasteiger partial charge in [-0.2, -0.15) is 0 Å². The minimum atomic E-state index is -0.374. The summed E-state index contributed by atoms with van der Waals surface area (Å²) in [5, 5.41) is 10.6. The van der Waals surface area contributed by atoms with Crippen LogP contribution in [0.1, 0.15) is 71.4 Å². The van der Waals surface area contributed by atoms with E-state index in [1.165, 1.54) is 10.4 Å². The molecule has 3 N–H and O–H groups in total. The number of nitrogens with zero attached hydrogens (tertiary/aromatic N) is 4. The number of aromatic nitrogens is 3. The summed E-state index contributed by atoms with van der Waals surface area (Å²) < 4.78 is 2.09. The number of fused-ring (bicyclic) bond motifs is 3. The van der Waals surface area contributed by atoms with Crippen molar-refractivity contribution in [2.45, 2.75) is 58.9 Å². The molecule has 0 radical (unpaired) electrons. The van der Waals surface area contributed by atoms with E-state index in [9.17, 15) is 4.79 Å². The maximum absolute atomic E-state index is 12.9. The third-order valence-corrected chi connectivity index (χ3v) is 7.43. The Morgan fingerprint density at radius 1 is 1.12 bits per heavy atom. The molecule has 0 bridgehead atoms. The molecule has 33 heavy (non-hydrogen) atoms. The lowest BCUT2D eigenvalue weighted by molar-refractivity contribution is -0.368. The zero-order valence-corrected chi connectivity index (χ0v) is 21.5. The van der Waals surface area contributed by atoms with Crippen molar-refractivity contribution >= 4 is 34.4 Å². The van der Waals surface area contributed by atoms with Crippen molar-refractivity contribution in [3.8, 4) is 5.00 Å². The Morgan fingerprint density at radius 3 is 2.55 bits per heavy atom. The molecular formula is C24H29Cl2N5OS. The zero-order chi connectivity index (χ0) is 22.8. The molecule has 0 unspecified atom stereocenters. The first kappa shape index (κ1) is 25.6. The number of unbranched alkanes of at least 4 members (excludes halogenated alkanes) is 2. The monoisotopic (exact) mass is 505 g/mol. The topological polar surface area (TPSA) is 87.8 Å². The van der Waals surface area contributed by atoms with Crippen molar-refractivity contribution in [2.75, 3.05) is 6.54 Å². The molecule has 1 atom stereocenters. The molecule has 0 saturated heterocycles. The second-order valence-electron chi connectivity index (χ2n) is 8.31. The number of thiophene rings is 1. The predicted octanol–water partition coefficient (Wildman–Crippen LogP) is 1.57. The number of aryl methyl sites for hydroxylation is 2. The first-order chi connectivity index (χ1) is 15.4. The highest BCUT2D eigenvalue weighted by Gasteiger charge is 2.32. The lowest BCUT2D eigenvalue weighted by Crippen LogP contribution is -3.00. The molecule has 9 heteroatoms. The van der Waals surface area contributed by atoms with Gasteiger partial charge in [-0.1, -0.05) is 23.7 Å². The van der Waals surface area contributed by atoms with Gasteiger partial charge in [-0.15, -0.1) is 21.5 Å². The number of quaternary nitrogens is 1. The molecule has 0 aliphatic carbocycles. The number of aliphatic imine (C=N–C) groups is 1. The van der Waals surface area contributed by atoms with E-state index in [-0.39, 0.29) is 24.2 Å². The van der Waals surface area contributed by atoms with E-state index in [2.05, 4.69) is 34.3 Å². The van der Waals surface area contributed by atoms with Gasteiger partial charge in [0.05, 0.1) is 12.3 Å². The van der Waals surface area contributed by atoms with E-state index < -0.39 is 0 Å². The summed E-state index contributed by atoms with van der Waals surface area (Å²) in [5.74, 6) is 1.76. The summed E-state index contributed by atoms with van der Waals surface area (Å²) in [5.41, 5.74) is 8.03. The van der Waals surface area contributed by atoms with Crippen LogP contribution in [0, 0.1) is 20.8 Å². The van der Waals surface area contributed by atoms with E-state index >= 15 is 0 Å². The summed E-state index contributed by atoms with van der Waals surface area (Å²) in [6, 6.07) is 7.38. The molecule has 6 nitrogen and oxygen atoms in total. The van der Waals surface area contributed by atoms with Gasteiger partial charge in [0.1, 0.15) is 22.7 Å². The molecule has 1 aliphatic heterocycles. The third-order valence-electron chi connectivity index (χ3n) is 5.98. The summed E-state index contributed by atoms with van der Waals surface area (Å²) in [6.45, 7) is 7.12. The number of hydrogen-bond donors (Lipinski definition) is 1. The summed E-state index contributed by atoms with van der Waals surface area (Å²) in [7, 11) is 0. The lowest BCUT2D eigenvalue weighted by atomic mass is 9.99. The summed E-state index contributed by atoms with van der Waals surface area (Å²) in [6.07, 6.45) is 3.88. The highest BCUT2D eigenvalue weighted by atomic mass is 35.5. The summed E-state index contributed by atoms with van der Waals surface area (Å²) in [4.78, 5) is 19.3. The maximum Gasteiger partial charge on any atom is 0.163 e. The van der Waals surface area contributed by atoms with Gasteiger partial charge in [-0.05, 0) is 57.7 Å².